The molecule has 1 aromatic carbocycles. The number of nitrogens with zero attached hydrogens (tertiary/aromatic N) is 3. The van der Waals surface area contributed by atoms with E-state index in [0.717, 1.165) is 0 Å². The van der Waals surface area contributed by atoms with E-state index in [-0.39, 0.29) is 6.42 Å². The van der Waals surface area contributed by atoms with Gasteiger partial charge >= 0.3 is 5.97 Å². The standard InChI is InChI=1S/C11H10ClN3O3/c1-18-10-3-2-7(12)4-9(10)15-8(5-11(16)17)6-13-14-15/h2-4,6H,5H2,1H3,(H,16,17). The lowest BCUT2D eigenvalue weighted by Gasteiger charge is -2.10. The molecule has 0 atom stereocenters. The van der Waals surface area contributed by atoms with Crippen LogP contribution in [0.5, 0.6) is 5.75 Å². The van der Waals surface area contributed by atoms with Gasteiger partial charge in [0.15, 0.2) is 0 Å². The third-order valence-electron chi connectivity index (χ3n) is 2.32. The van der Waals surface area contributed by atoms with Crippen LogP contribution in [0.4, 0.5) is 0 Å². The van der Waals surface area contributed by atoms with Crippen LogP contribution in [-0.4, -0.2) is 33.2 Å². The van der Waals surface area contributed by atoms with Crippen LogP contribution in [0.15, 0.2) is 24.4 Å². The lowest BCUT2D eigenvalue weighted by atomic mass is 10.2. The maximum atomic E-state index is 10.7. The molecule has 1 heterocycles. The van der Waals surface area contributed by atoms with E-state index in [4.69, 9.17) is 21.4 Å². The smallest absolute Gasteiger partial charge is 0.309 e. The summed E-state index contributed by atoms with van der Waals surface area (Å²) in [6.45, 7) is 0. The summed E-state index contributed by atoms with van der Waals surface area (Å²) >= 11 is 5.92. The number of carbonyl (C=O) groups is 1. The SMILES string of the molecule is COc1ccc(Cl)cc1-n1nncc1CC(=O)O. The Bertz CT molecular complexity index is 583. The van der Waals surface area contributed by atoms with Gasteiger partial charge in [0, 0.05) is 5.02 Å². The molecule has 0 radical (unpaired) electrons. The van der Waals surface area contributed by atoms with Gasteiger partial charge in [-0.25, -0.2) is 4.68 Å². The second-order valence-corrected chi connectivity index (χ2v) is 3.96. The van der Waals surface area contributed by atoms with Crippen molar-refractivity contribution in [3.8, 4) is 11.4 Å². The quantitative estimate of drug-likeness (QED) is 0.909. The summed E-state index contributed by atoms with van der Waals surface area (Å²) in [5.74, 6) is -0.420. The Balaban J connectivity index is 2.51. The van der Waals surface area contributed by atoms with Gasteiger partial charge in [-0.2, -0.15) is 0 Å². The highest BCUT2D eigenvalue weighted by Crippen LogP contribution is 2.26. The molecule has 0 amide bonds. The molecule has 0 saturated carbocycles. The fourth-order valence-electron chi connectivity index (χ4n) is 1.56. The van der Waals surface area contributed by atoms with Gasteiger partial charge in [0.25, 0.3) is 0 Å². The molecule has 2 rings (SSSR count). The summed E-state index contributed by atoms with van der Waals surface area (Å²) in [6.07, 6.45) is 1.22. The van der Waals surface area contributed by atoms with Crippen LogP contribution in [0, 0.1) is 0 Å². The molecule has 94 valence electrons. The highest BCUT2D eigenvalue weighted by Gasteiger charge is 2.14. The second-order valence-electron chi connectivity index (χ2n) is 3.52. The van der Waals surface area contributed by atoms with Crippen LogP contribution in [0.3, 0.4) is 0 Å². The molecule has 1 N–H and O–H groups in total. The fraction of sp³-hybridized carbons (Fsp3) is 0.182. The summed E-state index contributed by atoms with van der Waals surface area (Å²) < 4.78 is 6.59. The molecular formula is C11H10ClN3O3. The van der Waals surface area contributed by atoms with Crippen molar-refractivity contribution < 1.29 is 14.6 Å². The Hall–Kier alpha value is -2.08. The van der Waals surface area contributed by atoms with Gasteiger partial charge in [-0.15, -0.1) is 5.10 Å². The Morgan fingerprint density at radius 2 is 2.33 bits per heavy atom. The van der Waals surface area contributed by atoms with Crippen molar-refractivity contribution in [2.45, 2.75) is 6.42 Å². The molecule has 0 unspecified atom stereocenters. The number of benzene rings is 1. The molecule has 7 heteroatoms. The van der Waals surface area contributed by atoms with E-state index in [0.29, 0.717) is 22.2 Å². The van der Waals surface area contributed by atoms with Crippen LogP contribution in [0.25, 0.3) is 5.69 Å². The molecule has 0 aliphatic rings. The zero-order chi connectivity index (χ0) is 13.1. The Labute approximate surface area is 108 Å². The number of ether oxygens (including phenoxy) is 1. The second kappa shape index (κ2) is 5.05. The van der Waals surface area contributed by atoms with Crippen LogP contribution < -0.4 is 4.74 Å². The van der Waals surface area contributed by atoms with E-state index >= 15 is 0 Å². The summed E-state index contributed by atoms with van der Waals surface area (Å²) in [4.78, 5) is 10.7. The third-order valence-corrected chi connectivity index (χ3v) is 2.56. The molecule has 0 fully saturated rings. The maximum Gasteiger partial charge on any atom is 0.309 e. The Morgan fingerprint density at radius 1 is 1.56 bits per heavy atom. The van der Waals surface area contributed by atoms with Crippen molar-refractivity contribution in [1.29, 1.82) is 0 Å². The van der Waals surface area contributed by atoms with Crippen LogP contribution in [-0.2, 0) is 11.2 Å². The minimum Gasteiger partial charge on any atom is -0.494 e. The van der Waals surface area contributed by atoms with E-state index in [1.165, 1.54) is 18.0 Å². The maximum absolute atomic E-state index is 10.7. The first-order valence-corrected chi connectivity index (χ1v) is 5.45. The largest absolute Gasteiger partial charge is 0.494 e. The van der Waals surface area contributed by atoms with Crippen LogP contribution in [0.2, 0.25) is 5.02 Å². The number of halogens is 1. The van der Waals surface area contributed by atoms with E-state index in [9.17, 15) is 4.79 Å². The zero-order valence-corrected chi connectivity index (χ0v) is 10.3. The van der Waals surface area contributed by atoms with Crippen molar-refractivity contribution in [1.82, 2.24) is 15.0 Å². The summed E-state index contributed by atoms with van der Waals surface area (Å²) in [7, 11) is 1.51. The lowest BCUT2D eigenvalue weighted by molar-refractivity contribution is -0.136. The van der Waals surface area contributed by atoms with Gasteiger partial charge in [-0.05, 0) is 18.2 Å². The number of hydrogen-bond donors (Lipinski definition) is 1. The Kier molecular flexibility index (Phi) is 3.47. The van der Waals surface area contributed by atoms with Gasteiger partial charge in [0.05, 0.1) is 25.4 Å². The predicted octanol–water partition coefficient (Wildman–Crippen LogP) is 1.56. The van der Waals surface area contributed by atoms with E-state index in [1.54, 1.807) is 18.2 Å². The first-order valence-electron chi connectivity index (χ1n) is 5.07. The van der Waals surface area contributed by atoms with E-state index < -0.39 is 5.97 Å². The third kappa shape index (κ3) is 2.43. The highest BCUT2D eigenvalue weighted by molar-refractivity contribution is 6.30. The van der Waals surface area contributed by atoms with Gasteiger partial charge in [0.1, 0.15) is 11.4 Å². The normalized spacial score (nSPS) is 10.3. The number of carboxylic acids is 1. The first kappa shape index (κ1) is 12.4. The molecule has 0 aliphatic carbocycles. The molecule has 1 aromatic heterocycles. The topological polar surface area (TPSA) is 77.2 Å². The van der Waals surface area contributed by atoms with Crippen molar-refractivity contribution >= 4 is 17.6 Å². The fourth-order valence-corrected chi connectivity index (χ4v) is 1.73. The van der Waals surface area contributed by atoms with Gasteiger partial charge < -0.3 is 9.84 Å². The molecule has 0 saturated heterocycles. The van der Waals surface area contributed by atoms with E-state index in [2.05, 4.69) is 10.3 Å². The number of aliphatic carboxylic acids is 1. The number of hydrogen-bond acceptors (Lipinski definition) is 4. The molecule has 18 heavy (non-hydrogen) atoms. The summed E-state index contributed by atoms with van der Waals surface area (Å²) in [5.41, 5.74) is 1.00. The number of rotatable bonds is 4. The predicted molar refractivity (Wildman–Crippen MR) is 64.3 cm³/mol. The average Bonchev–Trinajstić information content (AvgIpc) is 2.76. The number of methoxy groups -OCH3 is 1. The molecular weight excluding hydrogens is 258 g/mol. The molecule has 0 spiro atoms. The van der Waals surface area contributed by atoms with Gasteiger partial charge in [0.2, 0.25) is 0 Å². The van der Waals surface area contributed by atoms with Gasteiger partial charge in [-0.1, -0.05) is 16.8 Å². The van der Waals surface area contributed by atoms with Crippen molar-refractivity contribution in [3.63, 3.8) is 0 Å². The molecule has 0 aliphatic heterocycles. The minimum absolute atomic E-state index is 0.178. The first-order chi connectivity index (χ1) is 8.61. The van der Waals surface area contributed by atoms with Crippen molar-refractivity contribution in [2.75, 3.05) is 7.11 Å². The molecule has 2 aromatic rings. The van der Waals surface area contributed by atoms with Crippen molar-refractivity contribution in [3.05, 3.63) is 35.1 Å². The highest BCUT2D eigenvalue weighted by atomic mass is 35.5. The Morgan fingerprint density at radius 3 is 3.00 bits per heavy atom. The monoisotopic (exact) mass is 267 g/mol. The van der Waals surface area contributed by atoms with Crippen LogP contribution >= 0.6 is 11.6 Å². The number of carboxylic acid groups (broad SMARTS) is 1. The lowest BCUT2D eigenvalue weighted by Crippen LogP contribution is -2.09. The van der Waals surface area contributed by atoms with Crippen LogP contribution in [0.1, 0.15) is 5.69 Å². The van der Waals surface area contributed by atoms with Gasteiger partial charge in [-0.3, -0.25) is 4.79 Å². The minimum atomic E-state index is -0.959. The van der Waals surface area contributed by atoms with Crippen molar-refractivity contribution in [2.24, 2.45) is 0 Å². The average molecular weight is 268 g/mol. The molecule has 0 bridgehead atoms. The summed E-state index contributed by atoms with van der Waals surface area (Å²) in [6, 6.07) is 5.00. The van der Waals surface area contributed by atoms with E-state index in [1.807, 2.05) is 0 Å². The number of aromatic nitrogens is 3. The summed E-state index contributed by atoms with van der Waals surface area (Å²) in [5, 5.41) is 16.9. The zero-order valence-electron chi connectivity index (χ0n) is 9.50. The molecule has 6 nitrogen and oxygen atoms in total.